The number of rotatable bonds is 2. The number of aromatic nitrogens is 2. The smallest absolute Gasteiger partial charge is 0.335 e. The van der Waals surface area contributed by atoms with E-state index in [0.717, 1.165) is 17.4 Å². The van der Waals surface area contributed by atoms with Crippen molar-refractivity contribution < 1.29 is 10.0 Å². The molecule has 2 heterocycles. The molecule has 8 heteroatoms. The van der Waals surface area contributed by atoms with Crippen LogP contribution in [0.4, 0.5) is 5.69 Å². The number of benzene rings is 1. The van der Waals surface area contributed by atoms with Crippen LogP contribution in [-0.2, 0) is 13.0 Å². The molecule has 0 unspecified atom stereocenters. The first-order chi connectivity index (χ1) is 10.0. The highest BCUT2D eigenvalue weighted by molar-refractivity contribution is 6.32. The maximum absolute atomic E-state index is 12.4. The predicted molar refractivity (Wildman–Crippen MR) is 76.3 cm³/mol. The summed E-state index contributed by atoms with van der Waals surface area (Å²) in [4.78, 5) is 22.5. The van der Waals surface area contributed by atoms with Gasteiger partial charge in [0.2, 0.25) is 5.88 Å². The van der Waals surface area contributed by atoms with E-state index < -0.39 is 4.92 Å². The van der Waals surface area contributed by atoms with Crippen molar-refractivity contribution in [2.24, 2.45) is 0 Å². The van der Waals surface area contributed by atoms with Gasteiger partial charge >= 0.3 is 5.69 Å². The van der Waals surface area contributed by atoms with E-state index in [9.17, 15) is 20.0 Å². The van der Waals surface area contributed by atoms with Crippen molar-refractivity contribution in [1.82, 2.24) is 9.13 Å². The molecule has 2 aromatic rings. The van der Waals surface area contributed by atoms with Gasteiger partial charge in [-0.2, -0.15) is 0 Å². The Labute approximate surface area is 124 Å². The standard InChI is InChI=1S/C13H12ClN3O4/c14-9-7-8(17(20)21)4-5-10(9)16-12(18)11-3-1-2-6-15(11)13(16)19/h4-5,7,18H,1-3,6H2. The lowest BCUT2D eigenvalue weighted by Crippen LogP contribution is -2.26. The molecule has 1 aromatic carbocycles. The van der Waals surface area contributed by atoms with E-state index in [0.29, 0.717) is 18.7 Å². The highest BCUT2D eigenvalue weighted by Crippen LogP contribution is 2.30. The van der Waals surface area contributed by atoms with Gasteiger partial charge in [-0.05, 0) is 25.3 Å². The van der Waals surface area contributed by atoms with Gasteiger partial charge in [0.15, 0.2) is 0 Å². The van der Waals surface area contributed by atoms with Crippen LogP contribution in [0, 0.1) is 10.1 Å². The van der Waals surface area contributed by atoms with Crippen molar-refractivity contribution in [2.45, 2.75) is 25.8 Å². The number of nitrogens with zero attached hydrogens (tertiary/aromatic N) is 3. The van der Waals surface area contributed by atoms with Crippen molar-refractivity contribution in [3.63, 3.8) is 0 Å². The summed E-state index contributed by atoms with van der Waals surface area (Å²) in [7, 11) is 0. The fourth-order valence-electron chi connectivity index (χ4n) is 2.62. The summed E-state index contributed by atoms with van der Waals surface area (Å²) in [6, 6.07) is 3.79. The van der Waals surface area contributed by atoms with Crippen molar-refractivity contribution in [2.75, 3.05) is 0 Å². The first-order valence-corrected chi connectivity index (χ1v) is 6.86. The molecule has 0 amide bonds. The molecule has 110 valence electrons. The Morgan fingerprint density at radius 1 is 1.33 bits per heavy atom. The van der Waals surface area contributed by atoms with Gasteiger partial charge in [-0.25, -0.2) is 9.36 Å². The van der Waals surface area contributed by atoms with Crippen LogP contribution in [0.3, 0.4) is 0 Å². The maximum atomic E-state index is 12.4. The number of aromatic hydroxyl groups is 1. The summed E-state index contributed by atoms with van der Waals surface area (Å²) in [5, 5.41) is 21.0. The van der Waals surface area contributed by atoms with E-state index in [1.807, 2.05) is 0 Å². The SMILES string of the molecule is O=c1n2c(c(O)n1-c1ccc([N+](=O)[O-])cc1Cl)CCCC2. The minimum atomic E-state index is -0.566. The average molecular weight is 310 g/mol. The third kappa shape index (κ3) is 2.09. The molecule has 7 nitrogen and oxygen atoms in total. The largest absolute Gasteiger partial charge is 0.493 e. The molecule has 0 bridgehead atoms. The minimum Gasteiger partial charge on any atom is -0.493 e. The van der Waals surface area contributed by atoms with E-state index in [1.165, 1.54) is 22.8 Å². The molecule has 1 aliphatic rings. The van der Waals surface area contributed by atoms with E-state index >= 15 is 0 Å². The van der Waals surface area contributed by atoms with Crippen molar-refractivity contribution in [1.29, 1.82) is 0 Å². The van der Waals surface area contributed by atoms with Crippen LogP contribution in [0.1, 0.15) is 18.5 Å². The quantitative estimate of drug-likeness (QED) is 0.680. The third-order valence-corrected chi connectivity index (χ3v) is 3.95. The lowest BCUT2D eigenvalue weighted by atomic mass is 10.1. The molecule has 1 N–H and O–H groups in total. The molecule has 1 aliphatic heterocycles. The van der Waals surface area contributed by atoms with E-state index in [4.69, 9.17) is 11.6 Å². The number of halogens is 1. The van der Waals surface area contributed by atoms with E-state index in [-0.39, 0.29) is 28.0 Å². The van der Waals surface area contributed by atoms with Gasteiger partial charge in [0.05, 0.1) is 21.3 Å². The number of nitro groups is 1. The molecule has 0 fully saturated rings. The van der Waals surface area contributed by atoms with Crippen molar-refractivity contribution >= 4 is 17.3 Å². The number of nitro benzene ring substituents is 1. The average Bonchev–Trinajstić information content (AvgIpc) is 2.72. The fraction of sp³-hybridized carbons (Fsp3) is 0.308. The predicted octanol–water partition coefficient (Wildman–Crippen LogP) is 2.24. The van der Waals surface area contributed by atoms with Gasteiger partial charge in [-0.1, -0.05) is 11.6 Å². The van der Waals surface area contributed by atoms with Crippen LogP contribution in [-0.4, -0.2) is 19.2 Å². The number of hydrogen-bond acceptors (Lipinski definition) is 4. The Kier molecular flexibility index (Phi) is 3.21. The monoisotopic (exact) mass is 309 g/mol. The Morgan fingerprint density at radius 2 is 2.10 bits per heavy atom. The zero-order valence-electron chi connectivity index (χ0n) is 11.0. The second-order valence-corrected chi connectivity index (χ2v) is 5.30. The summed E-state index contributed by atoms with van der Waals surface area (Å²) in [6.07, 6.45) is 2.41. The highest BCUT2D eigenvalue weighted by Gasteiger charge is 2.24. The van der Waals surface area contributed by atoms with Gasteiger partial charge in [0.25, 0.3) is 5.69 Å². The Balaban J connectivity index is 2.20. The second-order valence-electron chi connectivity index (χ2n) is 4.89. The molecule has 0 atom stereocenters. The van der Waals surface area contributed by atoms with Gasteiger partial charge in [0.1, 0.15) is 0 Å². The van der Waals surface area contributed by atoms with Crippen LogP contribution in [0.15, 0.2) is 23.0 Å². The molecular weight excluding hydrogens is 298 g/mol. The number of imidazole rings is 1. The molecule has 1 aromatic heterocycles. The number of hydrogen-bond donors (Lipinski definition) is 1. The van der Waals surface area contributed by atoms with Crippen molar-refractivity contribution in [3.8, 4) is 11.6 Å². The van der Waals surface area contributed by atoms with E-state index in [1.54, 1.807) is 0 Å². The summed E-state index contributed by atoms with van der Waals surface area (Å²) < 4.78 is 2.63. The number of fused-ring (bicyclic) bond motifs is 1. The lowest BCUT2D eigenvalue weighted by Gasteiger charge is -2.11. The summed E-state index contributed by atoms with van der Waals surface area (Å²) >= 11 is 6.03. The van der Waals surface area contributed by atoms with Crippen LogP contribution in [0.5, 0.6) is 5.88 Å². The molecule has 0 saturated carbocycles. The van der Waals surface area contributed by atoms with Crippen LogP contribution in [0.25, 0.3) is 5.69 Å². The lowest BCUT2D eigenvalue weighted by molar-refractivity contribution is -0.384. The van der Waals surface area contributed by atoms with Gasteiger partial charge in [0, 0.05) is 18.7 Å². The van der Waals surface area contributed by atoms with Crippen LogP contribution >= 0.6 is 11.6 Å². The summed E-state index contributed by atoms with van der Waals surface area (Å²) in [5.41, 5.74) is 0.283. The van der Waals surface area contributed by atoms with Crippen LogP contribution in [0.2, 0.25) is 5.02 Å². The minimum absolute atomic E-state index is 0.0459. The normalized spacial score (nSPS) is 14.0. The van der Waals surface area contributed by atoms with Crippen molar-refractivity contribution in [3.05, 3.63) is 49.5 Å². The molecule has 0 radical (unpaired) electrons. The zero-order valence-corrected chi connectivity index (χ0v) is 11.7. The third-order valence-electron chi connectivity index (χ3n) is 3.65. The summed E-state index contributed by atoms with van der Waals surface area (Å²) in [6.45, 7) is 0.555. The topological polar surface area (TPSA) is 90.3 Å². The summed E-state index contributed by atoms with van der Waals surface area (Å²) in [5.74, 6) is -0.143. The molecule has 0 spiro atoms. The molecule has 21 heavy (non-hydrogen) atoms. The van der Waals surface area contributed by atoms with E-state index in [2.05, 4.69) is 0 Å². The molecule has 3 rings (SSSR count). The van der Waals surface area contributed by atoms with Crippen LogP contribution < -0.4 is 5.69 Å². The number of non-ortho nitro benzene ring substituents is 1. The second kappa shape index (κ2) is 4.92. The maximum Gasteiger partial charge on any atom is 0.335 e. The Morgan fingerprint density at radius 3 is 2.71 bits per heavy atom. The Hall–Kier alpha value is -2.28. The van der Waals surface area contributed by atoms with Gasteiger partial charge < -0.3 is 5.11 Å². The molecular formula is C13H12ClN3O4. The van der Waals surface area contributed by atoms with Gasteiger partial charge in [-0.15, -0.1) is 0 Å². The Bertz CT molecular complexity index is 793. The first-order valence-electron chi connectivity index (χ1n) is 6.48. The van der Waals surface area contributed by atoms with Gasteiger partial charge in [-0.3, -0.25) is 14.7 Å². The highest BCUT2D eigenvalue weighted by atomic mass is 35.5. The first kappa shape index (κ1) is 13.7. The molecule has 0 aliphatic carbocycles. The molecule has 0 saturated heterocycles. The zero-order chi connectivity index (χ0) is 15.1. The fourth-order valence-corrected chi connectivity index (χ4v) is 2.88.